The van der Waals surface area contributed by atoms with E-state index < -0.39 is 4.87 Å². The van der Waals surface area contributed by atoms with E-state index in [1.807, 2.05) is 37.3 Å². The molecule has 1 saturated heterocycles. The van der Waals surface area contributed by atoms with Crippen LogP contribution in [0.1, 0.15) is 13.3 Å². The summed E-state index contributed by atoms with van der Waals surface area (Å²) in [4.78, 5) is 11.7. The van der Waals surface area contributed by atoms with E-state index in [-0.39, 0.29) is 5.91 Å². The third-order valence-electron chi connectivity index (χ3n) is 2.76. The quantitative estimate of drug-likeness (QED) is 0.844. The lowest BCUT2D eigenvalue weighted by Crippen LogP contribution is -2.48. The van der Waals surface area contributed by atoms with E-state index in [2.05, 4.69) is 10.6 Å². The minimum absolute atomic E-state index is 0.0590. The van der Waals surface area contributed by atoms with E-state index in [1.54, 1.807) is 11.8 Å². The van der Waals surface area contributed by atoms with Crippen LogP contribution in [0.25, 0.3) is 0 Å². The molecule has 1 unspecified atom stereocenters. The molecule has 0 bridgehead atoms. The first-order valence-electron chi connectivity index (χ1n) is 5.52. The van der Waals surface area contributed by atoms with Crippen LogP contribution in [0.5, 0.6) is 0 Å². The largest absolute Gasteiger partial charge is 0.324 e. The second-order valence-electron chi connectivity index (χ2n) is 3.78. The SMILES string of the molecule is CCC1(C(=O)Nc2ccccc2)NCCS1. The third kappa shape index (κ3) is 2.23. The predicted molar refractivity (Wildman–Crippen MR) is 68.6 cm³/mol. The summed E-state index contributed by atoms with van der Waals surface area (Å²) < 4.78 is 0. The van der Waals surface area contributed by atoms with E-state index in [0.717, 1.165) is 24.4 Å². The molecule has 0 saturated carbocycles. The highest BCUT2D eigenvalue weighted by molar-refractivity contribution is 8.01. The monoisotopic (exact) mass is 236 g/mol. The van der Waals surface area contributed by atoms with Gasteiger partial charge in [-0.2, -0.15) is 0 Å². The van der Waals surface area contributed by atoms with Crippen LogP contribution in [0.3, 0.4) is 0 Å². The zero-order valence-electron chi connectivity index (χ0n) is 9.32. The summed E-state index contributed by atoms with van der Waals surface area (Å²) in [6, 6.07) is 9.59. The predicted octanol–water partition coefficient (Wildman–Crippen LogP) is 2.07. The summed E-state index contributed by atoms with van der Waals surface area (Å²) in [6.45, 7) is 2.94. The third-order valence-corrected chi connectivity index (χ3v) is 4.28. The first kappa shape index (κ1) is 11.5. The highest BCUT2D eigenvalue weighted by Gasteiger charge is 2.40. The summed E-state index contributed by atoms with van der Waals surface area (Å²) in [6.07, 6.45) is 0.802. The Morgan fingerprint density at radius 2 is 2.25 bits per heavy atom. The highest BCUT2D eigenvalue weighted by Crippen LogP contribution is 2.31. The van der Waals surface area contributed by atoms with Crippen molar-refractivity contribution in [2.75, 3.05) is 17.6 Å². The number of anilines is 1. The molecule has 16 heavy (non-hydrogen) atoms. The van der Waals surface area contributed by atoms with Gasteiger partial charge >= 0.3 is 0 Å². The number of benzene rings is 1. The zero-order chi connectivity index (χ0) is 11.4. The molecule has 0 aliphatic carbocycles. The standard InChI is InChI=1S/C12H16N2OS/c1-2-12(13-8-9-16-12)11(15)14-10-6-4-3-5-7-10/h3-7,13H,2,8-9H2,1H3,(H,14,15). The molecule has 2 rings (SSSR count). The van der Waals surface area contributed by atoms with Gasteiger partial charge in [0.25, 0.3) is 5.91 Å². The van der Waals surface area contributed by atoms with Crippen molar-refractivity contribution < 1.29 is 4.79 Å². The summed E-state index contributed by atoms with van der Waals surface area (Å²) >= 11 is 1.69. The van der Waals surface area contributed by atoms with Gasteiger partial charge in [0.05, 0.1) is 0 Å². The van der Waals surface area contributed by atoms with Crippen molar-refractivity contribution in [3.05, 3.63) is 30.3 Å². The van der Waals surface area contributed by atoms with Gasteiger partial charge in [0.2, 0.25) is 0 Å². The Morgan fingerprint density at radius 3 is 2.81 bits per heavy atom. The van der Waals surface area contributed by atoms with Gasteiger partial charge in [0, 0.05) is 18.0 Å². The first-order valence-corrected chi connectivity index (χ1v) is 6.51. The van der Waals surface area contributed by atoms with E-state index >= 15 is 0 Å². The van der Waals surface area contributed by atoms with Gasteiger partial charge in [0.1, 0.15) is 4.87 Å². The fourth-order valence-electron chi connectivity index (χ4n) is 1.82. The van der Waals surface area contributed by atoms with Gasteiger partial charge in [-0.05, 0) is 18.6 Å². The molecule has 0 aromatic heterocycles. The van der Waals surface area contributed by atoms with E-state index in [1.165, 1.54) is 0 Å². The van der Waals surface area contributed by atoms with Crippen LogP contribution in [0.2, 0.25) is 0 Å². The summed E-state index contributed by atoms with van der Waals surface area (Å²) in [5.74, 6) is 1.06. The van der Waals surface area contributed by atoms with Crippen LogP contribution in [-0.4, -0.2) is 23.1 Å². The maximum absolute atomic E-state index is 12.2. The molecule has 2 N–H and O–H groups in total. The van der Waals surface area contributed by atoms with Crippen molar-refractivity contribution in [2.45, 2.75) is 18.2 Å². The lowest BCUT2D eigenvalue weighted by Gasteiger charge is -2.25. The van der Waals surface area contributed by atoms with Crippen molar-refractivity contribution in [1.29, 1.82) is 0 Å². The summed E-state index contributed by atoms with van der Waals surface area (Å²) in [5.41, 5.74) is 0.856. The van der Waals surface area contributed by atoms with Gasteiger partial charge in [-0.3, -0.25) is 10.1 Å². The molecule has 1 aromatic carbocycles. The zero-order valence-corrected chi connectivity index (χ0v) is 10.1. The maximum Gasteiger partial charge on any atom is 0.255 e. The Hall–Kier alpha value is -1.00. The number of carbonyl (C=O) groups is 1. The minimum atomic E-state index is -0.435. The van der Waals surface area contributed by atoms with Crippen LogP contribution in [-0.2, 0) is 4.79 Å². The molecular formula is C12H16N2OS. The molecule has 1 atom stereocenters. The van der Waals surface area contributed by atoms with E-state index in [0.29, 0.717) is 0 Å². The van der Waals surface area contributed by atoms with Crippen LogP contribution in [0, 0.1) is 0 Å². The van der Waals surface area contributed by atoms with Crippen molar-refractivity contribution in [3.63, 3.8) is 0 Å². The van der Waals surface area contributed by atoms with Crippen LogP contribution < -0.4 is 10.6 Å². The Labute approximate surface area is 100.0 Å². The van der Waals surface area contributed by atoms with Gasteiger partial charge in [-0.1, -0.05) is 25.1 Å². The molecule has 1 aromatic rings. The normalized spacial score (nSPS) is 24.3. The molecule has 3 nitrogen and oxygen atoms in total. The van der Waals surface area contributed by atoms with Crippen molar-refractivity contribution in [1.82, 2.24) is 5.32 Å². The number of rotatable bonds is 3. The molecule has 1 aliphatic rings. The molecule has 86 valence electrons. The molecule has 0 spiro atoms. The number of nitrogens with one attached hydrogen (secondary N) is 2. The Balaban J connectivity index is 2.07. The van der Waals surface area contributed by atoms with E-state index in [4.69, 9.17) is 0 Å². The molecule has 1 fully saturated rings. The van der Waals surface area contributed by atoms with Crippen LogP contribution in [0.15, 0.2) is 30.3 Å². The Bertz CT molecular complexity index is 361. The van der Waals surface area contributed by atoms with Gasteiger partial charge < -0.3 is 5.32 Å². The van der Waals surface area contributed by atoms with Crippen molar-refractivity contribution in [3.8, 4) is 0 Å². The van der Waals surface area contributed by atoms with Crippen LogP contribution >= 0.6 is 11.8 Å². The number of hydrogen-bond donors (Lipinski definition) is 2. The number of thioether (sulfide) groups is 1. The highest BCUT2D eigenvalue weighted by atomic mass is 32.2. The van der Waals surface area contributed by atoms with Gasteiger partial charge in [-0.15, -0.1) is 11.8 Å². The van der Waals surface area contributed by atoms with Crippen LogP contribution in [0.4, 0.5) is 5.69 Å². The smallest absolute Gasteiger partial charge is 0.255 e. The molecule has 1 aliphatic heterocycles. The Kier molecular flexibility index (Phi) is 3.51. The second kappa shape index (κ2) is 4.89. The average molecular weight is 236 g/mol. The number of para-hydroxylation sites is 1. The molecule has 1 heterocycles. The maximum atomic E-state index is 12.2. The average Bonchev–Trinajstić information content (AvgIpc) is 2.80. The number of hydrogen-bond acceptors (Lipinski definition) is 3. The lowest BCUT2D eigenvalue weighted by molar-refractivity contribution is -0.119. The molecule has 0 radical (unpaired) electrons. The van der Waals surface area contributed by atoms with Gasteiger partial charge in [-0.25, -0.2) is 0 Å². The fraction of sp³-hybridized carbons (Fsp3) is 0.417. The molecule has 4 heteroatoms. The van der Waals surface area contributed by atoms with Crippen molar-refractivity contribution in [2.24, 2.45) is 0 Å². The molecular weight excluding hydrogens is 220 g/mol. The topological polar surface area (TPSA) is 41.1 Å². The van der Waals surface area contributed by atoms with Crippen molar-refractivity contribution >= 4 is 23.4 Å². The minimum Gasteiger partial charge on any atom is -0.324 e. The summed E-state index contributed by atoms with van der Waals surface area (Å²) in [5, 5.41) is 6.24. The van der Waals surface area contributed by atoms with Gasteiger partial charge in [0.15, 0.2) is 0 Å². The fourth-order valence-corrected chi connectivity index (χ4v) is 2.96. The number of amides is 1. The number of carbonyl (C=O) groups excluding carboxylic acids is 1. The molecule has 1 amide bonds. The Morgan fingerprint density at radius 1 is 1.50 bits per heavy atom. The summed E-state index contributed by atoms with van der Waals surface area (Å²) in [7, 11) is 0. The second-order valence-corrected chi connectivity index (χ2v) is 5.17. The lowest BCUT2D eigenvalue weighted by atomic mass is 10.2. The van der Waals surface area contributed by atoms with E-state index in [9.17, 15) is 4.79 Å². The first-order chi connectivity index (χ1) is 7.77.